The number of rotatable bonds is 3. The Hall–Kier alpha value is -1.75. The van der Waals surface area contributed by atoms with E-state index in [4.69, 9.17) is 4.52 Å². The molecule has 0 fully saturated rings. The number of pyridine rings is 1. The Morgan fingerprint density at radius 3 is 2.88 bits per heavy atom. The highest BCUT2D eigenvalue weighted by Gasteiger charge is 2.13. The molecule has 0 atom stereocenters. The third kappa shape index (κ3) is 1.94. The van der Waals surface area contributed by atoms with E-state index in [0.717, 1.165) is 17.5 Å². The second-order valence-electron chi connectivity index (χ2n) is 3.48. The van der Waals surface area contributed by atoms with E-state index in [0.29, 0.717) is 18.0 Å². The summed E-state index contributed by atoms with van der Waals surface area (Å²) in [7, 11) is 1.84. The van der Waals surface area contributed by atoms with Crippen LogP contribution >= 0.6 is 0 Å². The van der Waals surface area contributed by atoms with Crippen LogP contribution in [0.4, 0.5) is 4.39 Å². The van der Waals surface area contributed by atoms with Crippen LogP contribution in [0, 0.1) is 12.7 Å². The molecule has 0 amide bonds. The van der Waals surface area contributed by atoms with Crippen LogP contribution in [0.1, 0.15) is 11.3 Å². The van der Waals surface area contributed by atoms with Crippen LogP contribution in [-0.4, -0.2) is 17.2 Å². The summed E-state index contributed by atoms with van der Waals surface area (Å²) in [5, 5.41) is 6.93. The molecule has 0 bridgehead atoms. The molecule has 2 rings (SSSR count). The Morgan fingerprint density at radius 2 is 2.25 bits per heavy atom. The molecule has 2 aromatic heterocycles. The van der Waals surface area contributed by atoms with Crippen LogP contribution in [0.25, 0.3) is 11.5 Å². The average molecular weight is 221 g/mol. The van der Waals surface area contributed by atoms with E-state index in [1.54, 1.807) is 6.07 Å². The van der Waals surface area contributed by atoms with Gasteiger partial charge >= 0.3 is 0 Å². The smallest absolute Gasteiger partial charge is 0.188 e. The molecule has 84 valence electrons. The quantitative estimate of drug-likeness (QED) is 0.860. The fourth-order valence-electron chi connectivity index (χ4n) is 1.45. The van der Waals surface area contributed by atoms with Gasteiger partial charge in [0.1, 0.15) is 17.2 Å². The van der Waals surface area contributed by atoms with Gasteiger partial charge in [-0.15, -0.1) is 0 Å². The van der Waals surface area contributed by atoms with E-state index in [9.17, 15) is 4.39 Å². The largest absolute Gasteiger partial charge is 0.354 e. The Labute approximate surface area is 92.5 Å². The summed E-state index contributed by atoms with van der Waals surface area (Å²) in [6.07, 6.45) is 1.16. The summed E-state index contributed by atoms with van der Waals surface area (Å²) in [5.41, 5.74) is 2.35. The van der Waals surface area contributed by atoms with Crippen molar-refractivity contribution in [1.29, 1.82) is 0 Å². The Balaban J connectivity index is 2.37. The predicted octanol–water partition coefficient (Wildman–Crippen LogP) is 1.90. The van der Waals surface area contributed by atoms with Crippen LogP contribution < -0.4 is 5.32 Å². The molecule has 0 radical (unpaired) electrons. The molecule has 1 N–H and O–H groups in total. The second kappa shape index (κ2) is 4.40. The van der Waals surface area contributed by atoms with Crippen LogP contribution in [0.15, 0.2) is 22.9 Å². The van der Waals surface area contributed by atoms with E-state index in [-0.39, 0.29) is 5.82 Å². The molecule has 4 nitrogen and oxygen atoms in total. The van der Waals surface area contributed by atoms with Crippen LogP contribution in [0.3, 0.4) is 0 Å². The van der Waals surface area contributed by atoms with Crippen molar-refractivity contribution in [3.63, 3.8) is 0 Å². The van der Waals surface area contributed by atoms with Gasteiger partial charge < -0.3 is 9.84 Å². The Kier molecular flexibility index (Phi) is 2.96. The zero-order valence-electron chi connectivity index (χ0n) is 9.12. The topological polar surface area (TPSA) is 51.0 Å². The molecule has 0 spiro atoms. The molecule has 0 aromatic carbocycles. The maximum absolute atomic E-state index is 12.7. The number of hydrogen-bond donors (Lipinski definition) is 1. The van der Waals surface area contributed by atoms with E-state index in [2.05, 4.69) is 15.5 Å². The summed E-state index contributed by atoms with van der Waals surface area (Å²) >= 11 is 0. The lowest BCUT2D eigenvalue weighted by molar-refractivity contribution is 0.420. The van der Waals surface area contributed by atoms with Gasteiger partial charge in [-0.3, -0.25) is 0 Å². The third-order valence-electron chi connectivity index (χ3n) is 2.32. The first-order chi connectivity index (χ1) is 7.72. The van der Waals surface area contributed by atoms with Gasteiger partial charge in [-0.05, 0) is 26.1 Å². The minimum Gasteiger partial charge on any atom is -0.354 e. The number of aromatic nitrogens is 2. The van der Waals surface area contributed by atoms with Crippen LogP contribution in [0.2, 0.25) is 0 Å². The Bertz CT molecular complexity index is 478. The highest BCUT2D eigenvalue weighted by molar-refractivity contribution is 5.56. The summed E-state index contributed by atoms with van der Waals surface area (Å²) < 4.78 is 17.9. The third-order valence-corrected chi connectivity index (χ3v) is 2.32. The fourth-order valence-corrected chi connectivity index (χ4v) is 1.45. The first-order valence-electron chi connectivity index (χ1n) is 4.94. The first-order valence-corrected chi connectivity index (χ1v) is 4.94. The predicted molar refractivity (Wildman–Crippen MR) is 57.2 cm³/mol. The molecular formula is C11H12FN3O. The van der Waals surface area contributed by atoms with Gasteiger partial charge in [-0.1, -0.05) is 5.16 Å². The van der Waals surface area contributed by atoms with Gasteiger partial charge in [0.2, 0.25) is 0 Å². The second-order valence-corrected chi connectivity index (χ2v) is 3.48. The highest BCUT2D eigenvalue weighted by Crippen LogP contribution is 2.23. The van der Waals surface area contributed by atoms with Crippen LogP contribution in [-0.2, 0) is 6.54 Å². The monoisotopic (exact) mass is 221 g/mol. The molecular weight excluding hydrogens is 209 g/mol. The first kappa shape index (κ1) is 10.8. The minimum absolute atomic E-state index is 0.364. The van der Waals surface area contributed by atoms with Crippen molar-refractivity contribution in [3.05, 3.63) is 35.4 Å². The van der Waals surface area contributed by atoms with Crippen molar-refractivity contribution in [2.75, 3.05) is 7.05 Å². The lowest BCUT2D eigenvalue weighted by atomic mass is 10.1. The highest BCUT2D eigenvalue weighted by atomic mass is 19.1. The van der Waals surface area contributed by atoms with Crippen molar-refractivity contribution >= 4 is 0 Å². The van der Waals surface area contributed by atoms with E-state index < -0.39 is 0 Å². The lowest BCUT2D eigenvalue weighted by Gasteiger charge is -1.97. The standard InChI is InChI=1S/C11H12FN3O/c1-7-10(6-13-2)15-16-11(7)9-4-3-8(12)5-14-9/h3-5,13H,6H2,1-2H3. The minimum atomic E-state index is -0.364. The molecule has 2 aromatic rings. The number of nitrogens with one attached hydrogen (secondary N) is 1. The average Bonchev–Trinajstić information content (AvgIpc) is 2.63. The normalized spacial score (nSPS) is 10.7. The van der Waals surface area contributed by atoms with E-state index >= 15 is 0 Å². The van der Waals surface area contributed by atoms with Gasteiger partial charge in [-0.25, -0.2) is 9.37 Å². The van der Waals surface area contributed by atoms with Gasteiger partial charge in [0.05, 0.1) is 6.20 Å². The SMILES string of the molecule is CNCc1noc(-c2ccc(F)cn2)c1C. The summed E-state index contributed by atoms with van der Waals surface area (Å²) in [6, 6.07) is 2.92. The maximum Gasteiger partial charge on any atom is 0.188 e. The summed E-state index contributed by atoms with van der Waals surface area (Å²) in [4.78, 5) is 3.95. The van der Waals surface area contributed by atoms with Gasteiger partial charge in [0, 0.05) is 12.1 Å². The molecule has 0 aliphatic heterocycles. The van der Waals surface area contributed by atoms with Crippen molar-refractivity contribution in [2.45, 2.75) is 13.5 Å². The molecule has 0 aliphatic carbocycles. The molecule has 0 saturated carbocycles. The fraction of sp³-hybridized carbons (Fsp3) is 0.273. The molecule has 2 heterocycles. The zero-order chi connectivity index (χ0) is 11.5. The van der Waals surface area contributed by atoms with Gasteiger partial charge in [0.15, 0.2) is 5.76 Å². The van der Waals surface area contributed by atoms with E-state index in [1.165, 1.54) is 6.07 Å². The summed E-state index contributed by atoms with van der Waals surface area (Å²) in [5.74, 6) is 0.224. The van der Waals surface area contributed by atoms with Crippen molar-refractivity contribution < 1.29 is 8.91 Å². The Morgan fingerprint density at radius 1 is 1.44 bits per heavy atom. The summed E-state index contributed by atoms with van der Waals surface area (Å²) in [6.45, 7) is 2.54. The van der Waals surface area contributed by atoms with Crippen LogP contribution in [0.5, 0.6) is 0 Å². The molecule has 16 heavy (non-hydrogen) atoms. The van der Waals surface area contributed by atoms with Gasteiger partial charge in [-0.2, -0.15) is 0 Å². The molecule has 5 heteroatoms. The van der Waals surface area contributed by atoms with Gasteiger partial charge in [0.25, 0.3) is 0 Å². The number of nitrogens with zero attached hydrogens (tertiary/aromatic N) is 2. The van der Waals surface area contributed by atoms with Crippen molar-refractivity contribution in [1.82, 2.24) is 15.5 Å². The lowest BCUT2D eigenvalue weighted by Crippen LogP contribution is -2.06. The maximum atomic E-state index is 12.7. The molecule has 0 unspecified atom stereocenters. The van der Waals surface area contributed by atoms with Crippen molar-refractivity contribution in [2.24, 2.45) is 0 Å². The molecule has 0 saturated heterocycles. The molecule has 0 aliphatic rings. The number of hydrogen-bond acceptors (Lipinski definition) is 4. The van der Waals surface area contributed by atoms with Crippen molar-refractivity contribution in [3.8, 4) is 11.5 Å². The number of halogens is 1. The zero-order valence-corrected chi connectivity index (χ0v) is 9.12. The van der Waals surface area contributed by atoms with E-state index in [1.807, 2.05) is 14.0 Å².